The van der Waals surface area contributed by atoms with E-state index in [2.05, 4.69) is 20.6 Å². The largest absolute Gasteiger partial charge is 0.387 e. The van der Waals surface area contributed by atoms with E-state index in [9.17, 15) is 18.3 Å². The molecule has 34 heavy (non-hydrogen) atoms. The zero-order valence-corrected chi connectivity index (χ0v) is 20.2. The van der Waals surface area contributed by atoms with Gasteiger partial charge in [-0.05, 0) is 69.6 Å². The van der Waals surface area contributed by atoms with Gasteiger partial charge in [-0.15, -0.1) is 0 Å². The number of rotatable bonds is 6. The van der Waals surface area contributed by atoms with E-state index in [-0.39, 0.29) is 47.5 Å². The van der Waals surface area contributed by atoms with Crippen LogP contribution < -0.4 is 10.6 Å². The van der Waals surface area contributed by atoms with Crippen molar-refractivity contribution < 1.29 is 23.1 Å². The van der Waals surface area contributed by atoms with Gasteiger partial charge in [0, 0.05) is 24.4 Å². The number of hydrogen-bond acceptors (Lipinski definition) is 8. The second kappa shape index (κ2) is 8.21. The number of amides is 1. The molecule has 1 aliphatic heterocycles. The highest BCUT2D eigenvalue weighted by Crippen LogP contribution is 2.60. The van der Waals surface area contributed by atoms with E-state index in [4.69, 9.17) is 4.74 Å². The third-order valence-electron chi connectivity index (χ3n) is 9.10. The third kappa shape index (κ3) is 3.86. The minimum Gasteiger partial charge on any atom is -0.387 e. The molecule has 9 nitrogen and oxygen atoms in total. The topological polar surface area (TPSA) is 131 Å². The summed E-state index contributed by atoms with van der Waals surface area (Å²) in [6, 6.07) is -0.0210. The SMILES string of the molecule is O=C(NC1(NC2CCS(=O)(=O)CC2)C2CC3CC1C(OC1CCC1)C(O)(C3)C2)c1cncnc1. The monoisotopic (exact) mass is 490 g/mol. The van der Waals surface area contributed by atoms with Gasteiger partial charge < -0.3 is 15.2 Å². The van der Waals surface area contributed by atoms with Crippen molar-refractivity contribution in [1.82, 2.24) is 20.6 Å². The quantitative estimate of drug-likeness (QED) is 0.507. The summed E-state index contributed by atoms with van der Waals surface area (Å²) < 4.78 is 30.7. The first-order valence-corrected chi connectivity index (χ1v) is 14.5. The molecule has 6 atom stereocenters. The lowest BCUT2D eigenvalue weighted by molar-refractivity contribution is -0.274. The Morgan fingerprint density at radius 3 is 2.50 bits per heavy atom. The highest BCUT2D eigenvalue weighted by Gasteiger charge is 2.68. The summed E-state index contributed by atoms with van der Waals surface area (Å²) in [6.07, 6.45) is 11.6. The fourth-order valence-corrected chi connectivity index (χ4v) is 8.85. The molecule has 1 aromatic heterocycles. The van der Waals surface area contributed by atoms with Gasteiger partial charge in [-0.25, -0.2) is 18.4 Å². The Morgan fingerprint density at radius 1 is 1.09 bits per heavy atom. The van der Waals surface area contributed by atoms with Crippen LogP contribution in [0.1, 0.15) is 68.1 Å². The minimum absolute atomic E-state index is 0.0210. The van der Waals surface area contributed by atoms with Gasteiger partial charge in [0.1, 0.15) is 16.2 Å². The van der Waals surface area contributed by atoms with Gasteiger partial charge in [0.2, 0.25) is 0 Å². The number of aromatic nitrogens is 2. The number of nitrogens with one attached hydrogen (secondary N) is 2. The Kier molecular flexibility index (Phi) is 5.51. The van der Waals surface area contributed by atoms with Crippen LogP contribution in [0.4, 0.5) is 0 Å². The molecule has 186 valence electrons. The van der Waals surface area contributed by atoms with Crippen LogP contribution in [0.15, 0.2) is 18.7 Å². The van der Waals surface area contributed by atoms with Crippen molar-refractivity contribution in [2.45, 2.75) is 87.3 Å². The molecule has 10 heteroatoms. The molecule has 3 N–H and O–H groups in total. The van der Waals surface area contributed by atoms with Gasteiger partial charge in [0.05, 0.1) is 40.5 Å². The predicted molar refractivity (Wildman–Crippen MR) is 123 cm³/mol. The molecular weight excluding hydrogens is 456 g/mol. The van der Waals surface area contributed by atoms with Crippen molar-refractivity contribution in [1.29, 1.82) is 0 Å². The highest BCUT2D eigenvalue weighted by atomic mass is 32.2. The maximum atomic E-state index is 13.4. The van der Waals surface area contributed by atoms with E-state index in [1.54, 1.807) is 0 Å². The number of ether oxygens (including phenoxy) is 1. The minimum atomic E-state index is -3.00. The maximum Gasteiger partial charge on any atom is 0.255 e. The highest BCUT2D eigenvalue weighted by molar-refractivity contribution is 7.91. The Morgan fingerprint density at radius 2 is 1.82 bits per heavy atom. The van der Waals surface area contributed by atoms with Gasteiger partial charge >= 0.3 is 0 Å². The molecule has 6 fully saturated rings. The Balaban J connectivity index is 1.35. The maximum absolute atomic E-state index is 13.4. The van der Waals surface area contributed by atoms with Crippen molar-refractivity contribution in [3.63, 3.8) is 0 Å². The Hall–Kier alpha value is -1.62. The normalized spacial score (nSPS) is 41.2. The van der Waals surface area contributed by atoms with E-state index in [0.29, 0.717) is 30.7 Å². The first-order valence-electron chi connectivity index (χ1n) is 12.7. The molecule has 6 aliphatic rings. The molecule has 2 heterocycles. The summed E-state index contributed by atoms with van der Waals surface area (Å²) in [5.74, 6) is 0.433. The van der Waals surface area contributed by atoms with Crippen molar-refractivity contribution >= 4 is 15.7 Å². The van der Waals surface area contributed by atoms with Crippen LogP contribution in [-0.2, 0) is 14.6 Å². The molecule has 1 aromatic rings. The van der Waals surface area contributed by atoms with Crippen LogP contribution >= 0.6 is 0 Å². The van der Waals surface area contributed by atoms with E-state index in [0.717, 1.165) is 38.5 Å². The molecule has 7 rings (SSSR count). The summed E-state index contributed by atoms with van der Waals surface area (Å²) in [5, 5.41) is 18.9. The van der Waals surface area contributed by atoms with Crippen molar-refractivity contribution in [2.75, 3.05) is 11.5 Å². The van der Waals surface area contributed by atoms with Gasteiger partial charge in [0.25, 0.3) is 5.91 Å². The number of aliphatic hydroxyl groups is 1. The molecule has 1 saturated heterocycles. The van der Waals surface area contributed by atoms with E-state index < -0.39 is 21.1 Å². The lowest BCUT2D eigenvalue weighted by Crippen LogP contribution is -2.81. The zero-order chi connectivity index (χ0) is 23.6. The van der Waals surface area contributed by atoms with Crippen LogP contribution in [0.3, 0.4) is 0 Å². The van der Waals surface area contributed by atoms with Crippen LogP contribution in [0.5, 0.6) is 0 Å². The second-order valence-electron chi connectivity index (χ2n) is 11.3. The third-order valence-corrected chi connectivity index (χ3v) is 10.8. The molecule has 4 bridgehead atoms. The average molecular weight is 491 g/mol. The molecule has 0 radical (unpaired) electrons. The van der Waals surface area contributed by atoms with Gasteiger partial charge in [0.15, 0.2) is 0 Å². The van der Waals surface area contributed by atoms with Crippen molar-refractivity contribution in [3.05, 3.63) is 24.3 Å². The standard InChI is InChI=1S/C24H34N4O5S/c29-22(16-12-25-14-26-13-16)28-24(27-18-4-6-34(31,32)7-5-18)17-8-15-9-20(24)21(23(30,10-15)11-17)33-19-2-1-3-19/h12-15,17-21,27,30H,1-11H2,(H,28,29). The van der Waals surface area contributed by atoms with Gasteiger partial charge in [-0.2, -0.15) is 0 Å². The van der Waals surface area contributed by atoms with E-state index >= 15 is 0 Å². The summed E-state index contributed by atoms with van der Waals surface area (Å²) >= 11 is 0. The number of nitrogens with zero attached hydrogens (tertiary/aromatic N) is 2. The summed E-state index contributed by atoms with van der Waals surface area (Å²) in [5.41, 5.74) is -1.25. The number of sulfone groups is 1. The summed E-state index contributed by atoms with van der Waals surface area (Å²) in [4.78, 5) is 21.4. The fraction of sp³-hybridized carbons (Fsp3) is 0.792. The molecular formula is C24H34N4O5S. The van der Waals surface area contributed by atoms with E-state index in [1.165, 1.54) is 18.7 Å². The van der Waals surface area contributed by atoms with Crippen LogP contribution in [0.25, 0.3) is 0 Å². The number of carbonyl (C=O) groups excluding carboxylic acids is 1. The van der Waals surface area contributed by atoms with Crippen LogP contribution in [0.2, 0.25) is 0 Å². The first-order chi connectivity index (χ1) is 16.3. The molecule has 0 spiro atoms. The number of carbonyl (C=O) groups is 1. The fourth-order valence-electron chi connectivity index (χ4n) is 7.36. The summed E-state index contributed by atoms with van der Waals surface area (Å²) in [6.45, 7) is 0. The summed E-state index contributed by atoms with van der Waals surface area (Å²) in [7, 11) is -3.00. The first kappa shape index (κ1) is 22.8. The van der Waals surface area contributed by atoms with Crippen LogP contribution in [0, 0.1) is 17.8 Å². The van der Waals surface area contributed by atoms with Gasteiger partial charge in [-0.3, -0.25) is 10.1 Å². The molecule has 0 aromatic carbocycles. The average Bonchev–Trinajstić information content (AvgIpc) is 2.77. The Bertz CT molecular complexity index is 1040. The number of hydrogen-bond donors (Lipinski definition) is 3. The molecule has 1 amide bonds. The zero-order valence-electron chi connectivity index (χ0n) is 19.4. The predicted octanol–water partition coefficient (Wildman–Crippen LogP) is 1.19. The van der Waals surface area contributed by atoms with Crippen molar-refractivity contribution in [3.8, 4) is 0 Å². The van der Waals surface area contributed by atoms with Gasteiger partial charge in [-0.1, -0.05) is 0 Å². The lowest BCUT2D eigenvalue weighted by Gasteiger charge is -2.67. The second-order valence-corrected chi connectivity index (χ2v) is 13.6. The lowest BCUT2D eigenvalue weighted by atomic mass is 9.48. The molecule has 5 aliphatic carbocycles. The van der Waals surface area contributed by atoms with Crippen LogP contribution in [-0.4, -0.2) is 70.4 Å². The molecule has 5 saturated carbocycles. The smallest absolute Gasteiger partial charge is 0.255 e. The Labute approximate surface area is 200 Å². The van der Waals surface area contributed by atoms with Crippen molar-refractivity contribution in [2.24, 2.45) is 17.8 Å². The van der Waals surface area contributed by atoms with E-state index in [1.807, 2.05) is 0 Å². The molecule has 6 unspecified atom stereocenters.